The molecule has 0 radical (unpaired) electrons. The zero-order valence-electron chi connectivity index (χ0n) is 14.5. The fraction of sp³-hybridized carbons (Fsp3) is 0.941. The number of methoxy groups -OCH3 is 1. The Kier molecular flexibility index (Phi) is 9.44. The molecule has 23 heavy (non-hydrogen) atoms. The number of hydrogen-bond donors (Lipinski definition) is 2. The molecule has 1 atom stereocenters. The standard InChI is InChI=1S/C17H33N3O2.ClH/c1-22-15(13-18)12-16(21)19-14-17(8-4-2-5-9-17)20-10-6-3-7-11-20;/h15H,2-14,18H2,1H3,(H,19,21);1H. The summed E-state index contributed by atoms with van der Waals surface area (Å²) in [4.78, 5) is 14.8. The number of halogens is 1. The van der Waals surface area contributed by atoms with Crippen molar-refractivity contribution < 1.29 is 9.53 Å². The zero-order chi connectivity index (χ0) is 15.8. The summed E-state index contributed by atoms with van der Waals surface area (Å²) in [6, 6.07) is 0. The van der Waals surface area contributed by atoms with Gasteiger partial charge in [0.15, 0.2) is 0 Å². The maximum absolute atomic E-state index is 12.2. The Labute approximate surface area is 147 Å². The van der Waals surface area contributed by atoms with Crippen molar-refractivity contribution in [2.45, 2.75) is 69.4 Å². The number of piperidine rings is 1. The largest absolute Gasteiger partial charge is 0.380 e. The smallest absolute Gasteiger partial charge is 0.222 e. The van der Waals surface area contributed by atoms with Crippen molar-refractivity contribution in [2.24, 2.45) is 5.73 Å². The first-order valence-electron chi connectivity index (χ1n) is 8.95. The van der Waals surface area contributed by atoms with Crippen LogP contribution in [0.2, 0.25) is 0 Å². The molecule has 1 saturated heterocycles. The van der Waals surface area contributed by atoms with Crippen LogP contribution in [0.15, 0.2) is 0 Å². The summed E-state index contributed by atoms with van der Waals surface area (Å²) in [6.45, 7) is 3.56. The number of nitrogens with one attached hydrogen (secondary N) is 1. The van der Waals surface area contributed by atoms with Gasteiger partial charge in [-0.25, -0.2) is 0 Å². The number of carbonyl (C=O) groups is 1. The highest BCUT2D eigenvalue weighted by Gasteiger charge is 2.38. The van der Waals surface area contributed by atoms with E-state index in [2.05, 4.69) is 10.2 Å². The van der Waals surface area contributed by atoms with E-state index in [1.165, 1.54) is 64.5 Å². The van der Waals surface area contributed by atoms with E-state index in [1.807, 2.05) is 0 Å². The zero-order valence-corrected chi connectivity index (χ0v) is 15.3. The molecular formula is C17H34ClN3O2. The maximum atomic E-state index is 12.2. The molecule has 1 saturated carbocycles. The van der Waals surface area contributed by atoms with Gasteiger partial charge in [0.25, 0.3) is 0 Å². The molecule has 0 aromatic heterocycles. The van der Waals surface area contributed by atoms with Crippen molar-refractivity contribution in [1.29, 1.82) is 0 Å². The molecule has 0 spiro atoms. The molecule has 5 nitrogen and oxygen atoms in total. The van der Waals surface area contributed by atoms with Gasteiger partial charge in [-0.1, -0.05) is 25.7 Å². The number of rotatable bonds is 7. The first-order valence-corrected chi connectivity index (χ1v) is 8.95. The molecule has 1 heterocycles. The van der Waals surface area contributed by atoms with Gasteiger partial charge in [0.05, 0.1) is 12.5 Å². The lowest BCUT2D eigenvalue weighted by atomic mass is 9.79. The van der Waals surface area contributed by atoms with Gasteiger partial charge in [-0.2, -0.15) is 0 Å². The Morgan fingerprint density at radius 2 is 1.78 bits per heavy atom. The molecule has 2 fully saturated rings. The summed E-state index contributed by atoms with van der Waals surface area (Å²) in [5.74, 6) is 0.0688. The SMILES string of the molecule is COC(CN)CC(=O)NCC1(N2CCCCC2)CCCCC1.Cl. The summed E-state index contributed by atoms with van der Waals surface area (Å²) in [6.07, 6.45) is 10.5. The molecule has 136 valence electrons. The average molecular weight is 348 g/mol. The molecule has 2 rings (SSSR count). The fourth-order valence-corrected chi connectivity index (χ4v) is 3.99. The molecule has 1 aliphatic heterocycles. The highest BCUT2D eigenvalue weighted by atomic mass is 35.5. The number of amides is 1. The Balaban J connectivity index is 0.00000264. The van der Waals surface area contributed by atoms with Crippen molar-refractivity contribution in [3.63, 3.8) is 0 Å². The third-order valence-corrected chi connectivity index (χ3v) is 5.44. The maximum Gasteiger partial charge on any atom is 0.222 e. The minimum Gasteiger partial charge on any atom is -0.380 e. The predicted octanol–water partition coefficient (Wildman–Crippen LogP) is 2.08. The average Bonchev–Trinajstić information content (AvgIpc) is 2.59. The van der Waals surface area contributed by atoms with E-state index < -0.39 is 0 Å². The third kappa shape index (κ3) is 5.89. The second-order valence-corrected chi connectivity index (χ2v) is 6.91. The van der Waals surface area contributed by atoms with E-state index in [9.17, 15) is 4.79 Å². The molecule has 1 amide bonds. The number of nitrogens with zero attached hydrogens (tertiary/aromatic N) is 1. The number of carbonyl (C=O) groups excluding carboxylic acids is 1. The Morgan fingerprint density at radius 3 is 2.35 bits per heavy atom. The van der Waals surface area contributed by atoms with Crippen LogP contribution >= 0.6 is 12.4 Å². The van der Waals surface area contributed by atoms with E-state index >= 15 is 0 Å². The molecule has 6 heteroatoms. The molecule has 1 aliphatic carbocycles. The van der Waals surface area contributed by atoms with E-state index in [4.69, 9.17) is 10.5 Å². The number of hydrogen-bond acceptors (Lipinski definition) is 4. The van der Waals surface area contributed by atoms with Crippen molar-refractivity contribution in [1.82, 2.24) is 10.2 Å². The lowest BCUT2D eigenvalue weighted by Crippen LogP contribution is -2.58. The third-order valence-electron chi connectivity index (χ3n) is 5.44. The predicted molar refractivity (Wildman–Crippen MR) is 96.0 cm³/mol. The highest BCUT2D eigenvalue weighted by Crippen LogP contribution is 2.35. The van der Waals surface area contributed by atoms with Gasteiger partial charge >= 0.3 is 0 Å². The summed E-state index contributed by atoms with van der Waals surface area (Å²) >= 11 is 0. The van der Waals surface area contributed by atoms with Crippen LogP contribution in [0.5, 0.6) is 0 Å². The van der Waals surface area contributed by atoms with Crippen molar-refractivity contribution in [2.75, 3.05) is 33.3 Å². The van der Waals surface area contributed by atoms with Gasteiger partial charge in [-0.15, -0.1) is 12.4 Å². The summed E-state index contributed by atoms with van der Waals surface area (Å²) in [7, 11) is 1.61. The molecule has 0 bridgehead atoms. The topological polar surface area (TPSA) is 67.6 Å². The fourth-order valence-electron chi connectivity index (χ4n) is 3.99. The van der Waals surface area contributed by atoms with Crippen molar-refractivity contribution in [3.05, 3.63) is 0 Å². The van der Waals surface area contributed by atoms with E-state index in [-0.39, 0.29) is 30.0 Å². The Morgan fingerprint density at radius 1 is 1.17 bits per heavy atom. The normalized spacial score (nSPS) is 22.9. The molecule has 3 N–H and O–H groups in total. The van der Waals surface area contributed by atoms with Gasteiger partial charge in [-0.05, 0) is 38.8 Å². The van der Waals surface area contributed by atoms with Gasteiger partial charge in [0.1, 0.15) is 0 Å². The Bertz CT molecular complexity index is 339. The lowest BCUT2D eigenvalue weighted by molar-refractivity contribution is -0.124. The van der Waals surface area contributed by atoms with Crippen LogP contribution in [0, 0.1) is 0 Å². The van der Waals surface area contributed by atoms with Crippen LogP contribution in [-0.4, -0.2) is 55.7 Å². The van der Waals surface area contributed by atoms with Crippen molar-refractivity contribution in [3.8, 4) is 0 Å². The van der Waals surface area contributed by atoms with Gasteiger partial charge < -0.3 is 15.8 Å². The number of ether oxygens (including phenoxy) is 1. The van der Waals surface area contributed by atoms with Crippen LogP contribution < -0.4 is 11.1 Å². The lowest BCUT2D eigenvalue weighted by Gasteiger charge is -2.48. The highest BCUT2D eigenvalue weighted by molar-refractivity contribution is 5.85. The molecule has 0 aromatic carbocycles. The van der Waals surface area contributed by atoms with E-state index in [0.29, 0.717) is 13.0 Å². The van der Waals surface area contributed by atoms with Crippen LogP contribution in [0.4, 0.5) is 0 Å². The summed E-state index contributed by atoms with van der Waals surface area (Å²) in [5.41, 5.74) is 5.79. The second-order valence-electron chi connectivity index (χ2n) is 6.91. The van der Waals surface area contributed by atoms with Gasteiger partial charge in [0.2, 0.25) is 5.91 Å². The molecule has 0 aromatic rings. The number of likely N-dealkylation sites (tertiary alicyclic amines) is 1. The number of nitrogens with two attached hydrogens (primary N) is 1. The minimum absolute atomic E-state index is 0. The van der Waals surface area contributed by atoms with E-state index in [0.717, 1.165) is 6.54 Å². The van der Waals surface area contributed by atoms with Gasteiger partial charge in [0, 0.05) is 25.7 Å². The molecular weight excluding hydrogens is 314 g/mol. The van der Waals surface area contributed by atoms with E-state index in [1.54, 1.807) is 7.11 Å². The molecule has 2 aliphatic rings. The van der Waals surface area contributed by atoms with Gasteiger partial charge in [-0.3, -0.25) is 9.69 Å². The Hall–Kier alpha value is -0.360. The summed E-state index contributed by atoms with van der Waals surface area (Å²) in [5, 5.41) is 3.17. The first-order chi connectivity index (χ1) is 10.7. The molecule has 1 unspecified atom stereocenters. The van der Waals surface area contributed by atoms with Crippen LogP contribution in [0.1, 0.15) is 57.8 Å². The quantitative estimate of drug-likeness (QED) is 0.740. The second kappa shape index (κ2) is 10.5. The minimum atomic E-state index is -0.169. The van der Waals surface area contributed by atoms with Crippen LogP contribution in [-0.2, 0) is 9.53 Å². The monoisotopic (exact) mass is 347 g/mol. The van der Waals surface area contributed by atoms with Crippen molar-refractivity contribution >= 4 is 18.3 Å². The van der Waals surface area contributed by atoms with Crippen LogP contribution in [0.25, 0.3) is 0 Å². The van der Waals surface area contributed by atoms with Crippen LogP contribution in [0.3, 0.4) is 0 Å². The first kappa shape index (κ1) is 20.7. The summed E-state index contributed by atoms with van der Waals surface area (Å²) < 4.78 is 5.21.